The highest BCUT2D eigenvalue weighted by molar-refractivity contribution is 4.71. The van der Waals surface area contributed by atoms with Crippen molar-refractivity contribution in [3.63, 3.8) is 0 Å². The summed E-state index contributed by atoms with van der Waals surface area (Å²) in [5, 5.41) is 17.7. The van der Waals surface area contributed by atoms with Gasteiger partial charge < -0.3 is 10.2 Å². The molecule has 0 atom stereocenters. The van der Waals surface area contributed by atoms with Gasteiger partial charge in [-0.2, -0.15) is 0 Å². The highest BCUT2D eigenvalue weighted by Gasteiger charge is 2.17. The smallest absolute Gasteiger partial charge is 0.0609 e. The number of nitrogens with zero attached hydrogens (tertiary/aromatic N) is 1. The van der Waals surface area contributed by atoms with Crippen LogP contribution in [0.1, 0.15) is 20.8 Å². The third-order valence-electron chi connectivity index (χ3n) is 1.92. The van der Waals surface area contributed by atoms with E-state index in [9.17, 15) is 0 Å². The molecule has 0 heterocycles. The Morgan fingerprint density at radius 1 is 1.18 bits per heavy atom. The quantitative estimate of drug-likeness (QED) is 0.599. The van der Waals surface area contributed by atoms with Crippen LogP contribution in [0.4, 0.5) is 0 Å². The second-order valence-corrected chi connectivity index (χ2v) is 2.94. The van der Waals surface area contributed by atoms with Gasteiger partial charge in [-0.3, -0.25) is 4.90 Å². The average molecular weight is 161 g/mol. The normalized spacial score (nSPS) is 12.0. The first-order valence-electron chi connectivity index (χ1n) is 4.14. The Hall–Kier alpha value is -0.120. The average Bonchev–Trinajstić information content (AvgIpc) is 1.99. The van der Waals surface area contributed by atoms with Gasteiger partial charge in [-0.25, -0.2) is 0 Å². The van der Waals surface area contributed by atoms with Gasteiger partial charge in [-0.05, 0) is 20.4 Å². The van der Waals surface area contributed by atoms with E-state index in [1.165, 1.54) is 0 Å². The number of rotatable bonds is 5. The minimum absolute atomic E-state index is 0.0303. The van der Waals surface area contributed by atoms with E-state index in [1.807, 2.05) is 6.92 Å². The van der Waals surface area contributed by atoms with E-state index < -0.39 is 0 Å². The molecule has 0 saturated carbocycles. The Morgan fingerprint density at radius 3 is 1.73 bits per heavy atom. The van der Waals surface area contributed by atoms with E-state index in [2.05, 4.69) is 18.7 Å². The maximum absolute atomic E-state index is 8.87. The molecule has 3 nitrogen and oxygen atoms in total. The van der Waals surface area contributed by atoms with Crippen molar-refractivity contribution in [1.82, 2.24) is 4.90 Å². The molecule has 0 aromatic rings. The lowest BCUT2D eigenvalue weighted by molar-refractivity contribution is 0.0574. The molecule has 0 aliphatic rings. The zero-order valence-corrected chi connectivity index (χ0v) is 7.62. The summed E-state index contributed by atoms with van der Waals surface area (Å²) in [4.78, 5) is 2.07. The molecule has 11 heavy (non-hydrogen) atoms. The van der Waals surface area contributed by atoms with Gasteiger partial charge in [0.05, 0.1) is 19.3 Å². The van der Waals surface area contributed by atoms with Gasteiger partial charge in [-0.15, -0.1) is 0 Å². The van der Waals surface area contributed by atoms with Crippen molar-refractivity contribution in [3.8, 4) is 0 Å². The molecule has 0 aliphatic carbocycles. The fourth-order valence-corrected chi connectivity index (χ4v) is 1.31. The van der Waals surface area contributed by atoms with Crippen LogP contribution >= 0.6 is 0 Å². The largest absolute Gasteiger partial charge is 0.395 e. The molecule has 0 amide bonds. The summed E-state index contributed by atoms with van der Waals surface area (Å²) in [5.41, 5.74) is 0. The van der Waals surface area contributed by atoms with Crippen LogP contribution in [0, 0.1) is 0 Å². The first-order valence-corrected chi connectivity index (χ1v) is 4.14. The summed E-state index contributed by atoms with van der Waals surface area (Å²) in [5.74, 6) is 0. The predicted octanol–water partition coefficient (Wildman–Crippen LogP) is 0.0699. The van der Waals surface area contributed by atoms with Crippen LogP contribution in [0.2, 0.25) is 0 Å². The van der Waals surface area contributed by atoms with E-state index >= 15 is 0 Å². The summed E-state index contributed by atoms with van der Waals surface area (Å²) >= 11 is 0. The lowest BCUT2D eigenvalue weighted by Gasteiger charge is -2.31. The zero-order valence-electron chi connectivity index (χ0n) is 7.62. The molecular weight excluding hydrogens is 142 g/mol. The molecule has 0 radical (unpaired) electrons. The second kappa shape index (κ2) is 5.52. The van der Waals surface area contributed by atoms with Crippen molar-refractivity contribution in [1.29, 1.82) is 0 Å². The Balaban J connectivity index is 3.98. The monoisotopic (exact) mass is 161 g/mol. The van der Waals surface area contributed by atoms with Crippen molar-refractivity contribution in [2.24, 2.45) is 0 Å². The minimum atomic E-state index is -0.0972. The summed E-state index contributed by atoms with van der Waals surface area (Å²) in [7, 11) is 0. The summed E-state index contributed by atoms with van der Waals surface area (Å²) in [6.45, 7) is 7.07. The lowest BCUT2D eigenvalue weighted by atomic mass is 10.2. The van der Waals surface area contributed by atoms with E-state index in [-0.39, 0.29) is 19.3 Å². The van der Waals surface area contributed by atoms with E-state index in [0.29, 0.717) is 6.04 Å². The van der Waals surface area contributed by atoms with E-state index in [0.717, 1.165) is 6.54 Å². The number of aliphatic hydroxyl groups excluding tert-OH is 2. The van der Waals surface area contributed by atoms with Crippen LogP contribution in [0.15, 0.2) is 0 Å². The molecule has 2 N–H and O–H groups in total. The predicted molar refractivity (Wildman–Crippen MR) is 45.5 cm³/mol. The summed E-state index contributed by atoms with van der Waals surface area (Å²) in [6, 6.07) is 0.282. The molecule has 0 aliphatic heterocycles. The zero-order chi connectivity index (χ0) is 8.85. The molecule has 0 bridgehead atoms. The van der Waals surface area contributed by atoms with Crippen LogP contribution in [-0.4, -0.2) is 47.0 Å². The van der Waals surface area contributed by atoms with Gasteiger partial charge in [-0.1, -0.05) is 6.92 Å². The number of likely N-dealkylation sites (N-methyl/N-ethyl adjacent to an activating group) is 1. The molecule has 0 fully saturated rings. The topological polar surface area (TPSA) is 43.7 Å². The molecule has 0 saturated heterocycles. The Bertz CT molecular complexity index is 92.1. The second-order valence-electron chi connectivity index (χ2n) is 2.94. The summed E-state index contributed by atoms with van der Waals surface area (Å²) in [6.07, 6.45) is 0. The molecule has 3 heteroatoms. The highest BCUT2D eigenvalue weighted by Crippen LogP contribution is 2.03. The molecule has 68 valence electrons. The van der Waals surface area contributed by atoms with Crippen molar-refractivity contribution in [2.45, 2.75) is 32.9 Å². The van der Waals surface area contributed by atoms with Crippen LogP contribution in [0.5, 0.6) is 0 Å². The highest BCUT2D eigenvalue weighted by atomic mass is 16.3. The van der Waals surface area contributed by atoms with Crippen LogP contribution in [-0.2, 0) is 0 Å². The lowest BCUT2D eigenvalue weighted by Crippen LogP contribution is -2.44. The van der Waals surface area contributed by atoms with Crippen LogP contribution in [0.3, 0.4) is 0 Å². The van der Waals surface area contributed by atoms with Crippen molar-refractivity contribution in [2.75, 3.05) is 19.8 Å². The fourth-order valence-electron chi connectivity index (χ4n) is 1.31. The SMILES string of the molecule is CCN(C(C)C)C(CO)CO. The standard InChI is InChI=1S/C8H19NO2/c1-4-9(7(2)3)8(5-10)6-11/h7-8,10-11H,4-6H2,1-3H3. The number of hydrogen-bond acceptors (Lipinski definition) is 3. The number of aliphatic hydroxyl groups is 2. The third-order valence-corrected chi connectivity index (χ3v) is 1.92. The molecule has 0 aromatic heterocycles. The molecule has 0 aromatic carbocycles. The maximum Gasteiger partial charge on any atom is 0.0609 e. The van der Waals surface area contributed by atoms with Gasteiger partial charge in [0.1, 0.15) is 0 Å². The maximum atomic E-state index is 8.87. The van der Waals surface area contributed by atoms with E-state index in [4.69, 9.17) is 10.2 Å². The third kappa shape index (κ3) is 3.18. The summed E-state index contributed by atoms with van der Waals surface area (Å²) < 4.78 is 0. The van der Waals surface area contributed by atoms with E-state index in [1.54, 1.807) is 0 Å². The van der Waals surface area contributed by atoms with Gasteiger partial charge in [0, 0.05) is 6.04 Å². The molecule has 0 unspecified atom stereocenters. The Kier molecular flexibility index (Phi) is 5.46. The van der Waals surface area contributed by atoms with Crippen LogP contribution in [0.25, 0.3) is 0 Å². The minimum Gasteiger partial charge on any atom is -0.395 e. The van der Waals surface area contributed by atoms with Gasteiger partial charge in [0.25, 0.3) is 0 Å². The Labute approximate surface area is 68.6 Å². The van der Waals surface area contributed by atoms with Crippen molar-refractivity contribution >= 4 is 0 Å². The van der Waals surface area contributed by atoms with Gasteiger partial charge >= 0.3 is 0 Å². The Morgan fingerprint density at radius 2 is 1.64 bits per heavy atom. The fraction of sp³-hybridized carbons (Fsp3) is 1.00. The number of hydrogen-bond donors (Lipinski definition) is 2. The first kappa shape index (κ1) is 10.9. The van der Waals surface area contributed by atoms with Gasteiger partial charge in [0.15, 0.2) is 0 Å². The molecule has 0 spiro atoms. The molecular formula is C8H19NO2. The molecule has 0 rings (SSSR count). The van der Waals surface area contributed by atoms with Crippen molar-refractivity contribution in [3.05, 3.63) is 0 Å². The first-order chi connectivity index (χ1) is 5.17. The van der Waals surface area contributed by atoms with Gasteiger partial charge in [0.2, 0.25) is 0 Å². The van der Waals surface area contributed by atoms with Crippen LogP contribution < -0.4 is 0 Å². The van der Waals surface area contributed by atoms with Crippen molar-refractivity contribution < 1.29 is 10.2 Å².